The minimum Gasteiger partial charge on any atom is -0.490 e. The average molecular weight is 359 g/mol. The summed E-state index contributed by atoms with van der Waals surface area (Å²) in [6.45, 7) is 4.09. The lowest BCUT2D eigenvalue weighted by atomic mass is 9.78. The number of ether oxygens (including phenoxy) is 2. The van der Waals surface area contributed by atoms with Gasteiger partial charge in [0.05, 0.1) is 18.6 Å². The fraction of sp³-hybridized carbons (Fsp3) is 0.667. The summed E-state index contributed by atoms with van der Waals surface area (Å²) in [6.07, 6.45) is 0.761. The Labute approximate surface area is 145 Å². The summed E-state index contributed by atoms with van der Waals surface area (Å²) in [5, 5.41) is 0. The topological polar surface area (TPSA) is 48.4 Å². The Hall–Kier alpha value is -1.79. The molecular formula is C18H24F3NO3. The highest BCUT2D eigenvalue weighted by Crippen LogP contribution is 2.38. The number of rotatable bonds is 6. The molecule has 1 aromatic rings. The van der Waals surface area contributed by atoms with Crippen molar-refractivity contribution in [1.82, 2.24) is 4.98 Å². The minimum absolute atomic E-state index is 0.146. The summed E-state index contributed by atoms with van der Waals surface area (Å²) in [4.78, 5) is 15.6. The van der Waals surface area contributed by atoms with Crippen molar-refractivity contribution in [3.63, 3.8) is 0 Å². The third kappa shape index (κ3) is 5.09. The molecule has 0 radical (unpaired) electrons. The molecule has 7 heteroatoms. The SMILES string of the molecule is CCOC(=O)C(CC)[C@H]1CC[C@H](Oc2ccncc2C(F)(F)F)CC1. The van der Waals surface area contributed by atoms with E-state index in [2.05, 4.69) is 4.98 Å². The zero-order chi connectivity index (χ0) is 18.4. The summed E-state index contributed by atoms with van der Waals surface area (Å²) in [5.74, 6) is -0.303. The fourth-order valence-corrected chi connectivity index (χ4v) is 3.43. The molecule has 1 aliphatic rings. The van der Waals surface area contributed by atoms with Gasteiger partial charge in [-0.15, -0.1) is 0 Å². The van der Waals surface area contributed by atoms with Gasteiger partial charge in [0, 0.05) is 12.4 Å². The number of hydrogen-bond donors (Lipinski definition) is 0. The molecule has 1 saturated carbocycles. The monoisotopic (exact) mass is 359 g/mol. The van der Waals surface area contributed by atoms with Crippen molar-refractivity contribution in [3.05, 3.63) is 24.0 Å². The molecule has 0 saturated heterocycles. The molecule has 0 N–H and O–H groups in total. The Kier molecular flexibility index (Phi) is 6.67. The summed E-state index contributed by atoms with van der Waals surface area (Å²) >= 11 is 0. The first-order valence-electron chi connectivity index (χ1n) is 8.71. The highest BCUT2D eigenvalue weighted by molar-refractivity contribution is 5.72. The highest BCUT2D eigenvalue weighted by atomic mass is 19.4. The van der Waals surface area contributed by atoms with Crippen LogP contribution in [0.15, 0.2) is 18.5 Å². The zero-order valence-electron chi connectivity index (χ0n) is 14.5. The van der Waals surface area contributed by atoms with Crippen LogP contribution in [0.1, 0.15) is 51.5 Å². The number of pyridine rings is 1. The van der Waals surface area contributed by atoms with Gasteiger partial charge in [-0.1, -0.05) is 6.92 Å². The number of carbonyl (C=O) groups excluding carboxylic acids is 1. The molecule has 0 aromatic carbocycles. The standard InChI is InChI=1S/C18H24F3NO3/c1-3-14(17(23)24-4-2)12-5-7-13(8-6-12)25-16-9-10-22-11-15(16)18(19,20)21/h9-14H,3-8H2,1-2H3/t12-,13-,14?. The second-order valence-electron chi connectivity index (χ2n) is 6.29. The Morgan fingerprint density at radius 2 is 1.96 bits per heavy atom. The summed E-state index contributed by atoms with van der Waals surface area (Å²) in [5.41, 5.74) is -0.852. The molecule has 1 aliphatic carbocycles. The molecule has 1 unspecified atom stereocenters. The van der Waals surface area contributed by atoms with Crippen LogP contribution >= 0.6 is 0 Å². The molecule has 4 nitrogen and oxygen atoms in total. The van der Waals surface area contributed by atoms with Gasteiger partial charge in [0.15, 0.2) is 0 Å². The average Bonchev–Trinajstić information content (AvgIpc) is 2.57. The van der Waals surface area contributed by atoms with Gasteiger partial charge in [-0.2, -0.15) is 13.2 Å². The summed E-state index contributed by atoms with van der Waals surface area (Å²) in [6, 6.07) is 1.25. The van der Waals surface area contributed by atoms with E-state index in [1.165, 1.54) is 12.3 Å². The van der Waals surface area contributed by atoms with E-state index < -0.39 is 11.7 Å². The molecule has 1 atom stereocenters. The van der Waals surface area contributed by atoms with Gasteiger partial charge in [0.1, 0.15) is 11.3 Å². The van der Waals surface area contributed by atoms with Crippen molar-refractivity contribution in [2.24, 2.45) is 11.8 Å². The van der Waals surface area contributed by atoms with Crippen LogP contribution < -0.4 is 4.74 Å². The molecule has 2 rings (SSSR count). The second kappa shape index (κ2) is 8.54. The van der Waals surface area contributed by atoms with Crippen LogP contribution in [0.25, 0.3) is 0 Å². The van der Waals surface area contributed by atoms with Crippen LogP contribution in [0.4, 0.5) is 13.2 Å². The second-order valence-corrected chi connectivity index (χ2v) is 6.29. The van der Waals surface area contributed by atoms with Gasteiger partial charge in [-0.05, 0) is 51.0 Å². The lowest BCUT2D eigenvalue weighted by molar-refractivity contribution is -0.151. The molecule has 0 bridgehead atoms. The number of hydrogen-bond acceptors (Lipinski definition) is 4. The molecule has 25 heavy (non-hydrogen) atoms. The molecule has 0 spiro atoms. The van der Waals surface area contributed by atoms with Crippen molar-refractivity contribution in [3.8, 4) is 5.75 Å². The molecule has 1 heterocycles. The largest absolute Gasteiger partial charge is 0.490 e. The number of carbonyl (C=O) groups is 1. The third-order valence-corrected chi connectivity index (χ3v) is 4.70. The highest BCUT2D eigenvalue weighted by Gasteiger charge is 2.36. The van der Waals surface area contributed by atoms with Gasteiger partial charge in [-0.25, -0.2) is 0 Å². The molecule has 1 aromatic heterocycles. The van der Waals surface area contributed by atoms with E-state index in [1.54, 1.807) is 6.92 Å². The van der Waals surface area contributed by atoms with E-state index in [1.807, 2.05) is 6.92 Å². The van der Waals surface area contributed by atoms with Crippen molar-refractivity contribution in [2.45, 2.75) is 58.2 Å². The molecule has 1 fully saturated rings. The third-order valence-electron chi connectivity index (χ3n) is 4.70. The smallest absolute Gasteiger partial charge is 0.421 e. The first kappa shape index (κ1) is 19.5. The molecule has 0 aliphatic heterocycles. The van der Waals surface area contributed by atoms with Crippen LogP contribution in [0.2, 0.25) is 0 Å². The fourth-order valence-electron chi connectivity index (χ4n) is 3.43. The lowest BCUT2D eigenvalue weighted by Crippen LogP contribution is -2.32. The maximum atomic E-state index is 13.0. The Morgan fingerprint density at radius 1 is 1.28 bits per heavy atom. The van der Waals surface area contributed by atoms with Crippen molar-refractivity contribution in [1.29, 1.82) is 0 Å². The van der Waals surface area contributed by atoms with Crippen LogP contribution in [-0.2, 0) is 15.7 Å². The van der Waals surface area contributed by atoms with Crippen LogP contribution in [0.3, 0.4) is 0 Å². The van der Waals surface area contributed by atoms with Crippen molar-refractivity contribution >= 4 is 5.97 Å². The maximum Gasteiger partial charge on any atom is 0.421 e. The molecule has 140 valence electrons. The van der Waals surface area contributed by atoms with E-state index in [0.29, 0.717) is 25.9 Å². The van der Waals surface area contributed by atoms with Crippen molar-refractivity contribution in [2.75, 3.05) is 6.61 Å². The Balaban J connectivity index is 1.96. The molecule has 0 amide bonds. The Bertz CT molecular complexity index is 569. The van der Waals surface area contributed by atoms with Gasteiger partial charge < -0.3 is 9.47 Å². The van der Waals surface area contributed by atoms with Crippen LogP contribution in [0.5, 0.6) is 5.75 Å². The van der Waals surface area contributed by atoms with Gasteiger partial charge in [0.2, 0.25) is 0 Å². The van der Waals surface area contributed by atoms with E-state index >= 15 is 0 Å². The maximum absolute atomic E-state index is 13.0. The number of alkyl halides is 3. The lowest BCUT2D eigenvalue weighted by Gasteiger charge is -2.33. The van der Waals surface area contributed by atoms with Gasteiger partial charge in [-0.3, -0.25) is 9.78 Å². The number of nitrogens with zero attached hydrogens (tertiary/aromatic N) is 1. The summed E-state index contributed by atoms with van der Waals surface area (Å²) in [7, 11) is 0. The predicted molar refractivity (Wildman–Crippen MR) is 86.0 cm³/mol. The van der Waals surface area contributed by atoms with Crippen LogP contribution in [0, 0.1) is 11.8 Å². The first-order valence-corrected chi connectivity index (χ1v) is 8.71. The van der Waals surface area contributed by atoms with Gasteiger partial charge >= 0.3 is 12.1 Å². The molecular weight excluding hydrogens is 335 g/mol. The Morgan fingerprint density at radius 3 is 2.52 bits per heavy atom. The van der Waals surface area contributed by atoms with E-state index in [4.69, 9.17) is 9.47 Å². The van der Waals surface area contributed by atoms with E-state index in [0.717, 1.165) is 19.0 Å². The van der Waals surface area contributed by atoms with E-state index in [9.17, 15) is 18.0 Å². The summed E-state index contributed by atoms with van der Waals surface area (Å²) < 4.78 is 49.7. The van der Waals surface area contributed by atoms with Crippen LogP contribution in [-0.4, -0.2) is 23.7 Å². The number of halogens is 3. The number of aromatic nitrogens is 1. The van der Waals surface area contributed by atoms with E-state index in [-0.39, 0.29) is 29.7 Å². The quantitative estimate of drug-likeness (QED) is 0.695. The van der Waals surface area contributed by atoms with Crippen molar-refractivity contribution < 1.29 is 27.4 Å². The zero-order valence-corrected chi connectivity index (χ0v) is 14.5. The van der Waals surface area contributed by atoms with Gasteiger partial charge in [0.25, 0.3) is 0 Å². The number of esters is 1. The first-order chi connectivity index (χ1) is 11.9. The minimum atomic E-state index is -4.49. The predicted octanol–water partition coefficient (Wildman–Crippen LogP) is 4.63. The normalized spacial score (nSPS) is 22.3.